The lowest BCUT2D eigenvalue weighted by Gasteiger charge is -2.36. The van der Waals surface area contributed by atoms with Crippen molar-refractivity contribution in [2.24, 2.45) is 0 Å². The fourth-order valence-electron chi connectivity index (χ4n) is 2.08. The van der Waals surface area contributed by atoms with Crippen LogP contribution < -0.4 is 10.6 Å². The first kappa shape index (κ1) is 8.05. The minimum Gasteiger partial charge on any atom is -0.380 e. The van der Waals surface area contributed by atoms with Crippen LogP contribution >= 0.6 is 0 Å². The SMILES string of the molecule is c1cc2c(cn1)NCC1(CCOC1)N2. The second-order valence-corrected chi connectivity index (χ2v) is 3.98. The van der Waals surface area contributed by atoms with E-state index in [1.54, 1.807) is 0 Å². The average Bonchev–Trinajstić information content (AvgIpc) is 2.66. The minimum absolute atomic E-state index is 0.106. The van der Waals surface area contributed by atoms with Gasteiger partial charge in [0.25, 0.3) is 0 Å². The van der Waals surface area contributed by atoms with Gasteiger partial charge in [-0.3, -0.25) is 4.98 Å². The Labute approximate surface area is 82.7 Å². The number of nitrogens with one attached hydrogen (secondary N) is 2. The van der Waals surface area contributed by atoms with E-state index in [9.17, 15) is 0 Å². The second kappa shape index (κ2) is 2.85. The molecule has 2 N–H and O–H groups in total. The van der Waals surface area contributed by atoms with E-state index in [1.807, 2.05) is 18.5 Å². The van der Waals surface area contributed by atoms with E-state index in [0.29, 0.717) is 0 Å². The fraction of sp³-hybridized carbons (Fsp3) is 0.500. The predicted octanol–water partition coefficient (Wildman–Crippen LogP) is 1.08. The van der Waals surface area contributed by atoms with Gasteiger partial charge in [0.1, 0.15) is 0 Å². The summed E-state index contributed by atoms with van der Waals surface area (Å²) in [5.41, 5.74) is 2.33. The number of ether oxygens (including phenoxy) is 1. The molecule has 0 aliphatic carbocycles. The molecule has 2 aliphatic heterocycles. The molecule has 2 aliphatic rings. The van der Waals surface area contributed by atoms with Crippen LogP contribution in [0, 0.1) is 0 Å². The molecule has 3 heterocycles. The van der Waals surface area contributed by atoms with Gasteiger partial charge in [-0.05, 0) is 12.5 Å². The second-order valence-electron chi connectivity index (χ2n) is 3.98. The Hall–Kier alpha value is -1.29. The first-order valence-electron chi connectivity index (χ1n) is 4.92. The first-order valence-corrected chi connectivity index (χ1v) is 4.92. The summed E-state index contributed by atoms with van der Waals surface area (Å²) in [6.45, 7) is 2.57. The first-order chi connectivity index (χ1) is 6.88. The number of hydrogen-bond acceptors (Lipinski definition) is 4. The normalized spacial score (nSPS) is 29.4. The molecule has 1 aromatic rings. The van der Waals surface area contributed by atoms with Crippen molar-refractivity contribution in [1.29, 1.82) is 0 Å². The molecule has 0 bridgehead atoms. The van der Waals surface area contributed by atoms with Gasteiger partial charge in [-0.25, -0.2) is 0 Å². The highest BCUT2D eigenvalue weighted by atomic mass is 16.5. The van der Waals surface area contributed by atoms with Crippen molar-refractivity contribution >= 4 is 11.4 Å². The quantitative estimate of drug-likeness (QED) is 0.644. The van der Waals surface area contributed by atoms with Crippen LogP contribution in [0.25, 0.3) is 0 Å². The van der Waals surface area contributed by atoms with E-state index in [-0.39, 0.29) is 5.54 Å². The Morgan fingerprint density at radius 1 is 1.43 bits per heavy atom. The number of anilines is 2. The molecule has 0 aromatic carbocycles. The van der Waals surface area contributed by atoms with Gasteiger partial charge >= 0.3 is 0 Å². The summed E-state index contributed by atoms with van der Waals surface area (Å²) in [6, 6.07) is 2.00. The van der Waals surface area contributed by atoms with Gasteiger partial charge in [-0.15, -0.1) is 0 Å². The van der Waals surface area contributed by atoms with E-state index in [0.717, 1.165) is 37.6 Å². The number of nitrogens with zero attached hydrogens (tertiary/aromatic N) is 1. The average molecular weight is 191 g/mol. The summed E-state index contributed by atoms with van der Waals surface area (Å²) < 4.78 is 5.43. The third-order valence-corrected chi connectivity index (χ3v) is 2.94. The van der Waals surface area contributed by atoms with Crippen LogP contribution in [0.1, 0.15) is 6.42 Å². The monoisotopic (exact) mass is 191 g/mol. The minimum atomic E-state index is 0.106. The molecule has 74 valence electrons. The molecule has 4 nitrogen and oxygen atoms in total. The number of fused-ring (bicyclic) bond motifs is 1. The Morgan fingerprint density at radius 2 is 2.43 bits per heavy atom. The number of pyridine rings is 1. The summed E-state index contributed by atoms with van der Waals surface area (Å²) in [6.07, 6.45) is 4.73. The molecule has 0 amide bonds. The number of hydrogen-bond donors (Lipinski definition) is 2. The van der Waals surface area contributed by atoms with Gasteiger partial charge < -0.3 is 15.4 Å². The van der Waals surface area contributed by atoms with Gasteiger partial charge in [0.05, 0.1) is 29.7 Å². The molecular formula is C10H13N3O. The zero-order valence-electron chi connectivity index (χ0n) is 7.92. The summed E-state index contributed by atoms with van der Waals surface area (Å²) in [4.78, 5) is 4.08. The predicted molar refractivity (Wildman–Crippen MR) is 54.5 cm³/mol. The van der Waals surface area contributed by atoms with Crippen LogP contribution in [0.4, 0.5) is 11.4 Å². The van der Waals surface area contributed by atoms with Crippen molar-refractivity contribution in [1.82, 2.24) is 4.98 Å². The standard InChI is InChI=1S/C10H13N3O/c1-3-11-5-9-8(1)13-10(6-12-9)2-4-14-7-10/h1,3,5,12-13H,2,4,6-7H2. The maximum Gasteiger partial charge on any atom is 0.0801 e. The summed E-state index contributed by atoms with van der Waals surface area (Å²) in [5, 5.41) is 6.94. The van der Waals surface area contributed by atoms with Crippen molar-refractivity contribution < 1.29 is 4.74 Å². The molecule has 1 unspecified atom stereocenters. The third-order valence-electron chi connectivity index (χ3n) is 2.94. The molecule has 1 saturated heterocycles. The molecule has 14 heavy (non-hydrogen) atoms. The highest BCUT2D eigenvalue weighted by Gasteiger charge is 2.37. The van der Waals surface area contributed by atoms with Crippen LogP contribution in [0.15, 0.2) is 18.5 Å². The topological polar surface area (TPSA) is 46.2 Å². The number of rotatable bonds is 0. The Bertz CT molecular complexity index is 347. The van der Waals surface area contributed by atoms with Crippen molar-refractivity contribution in [2.45, 2.75) is 12.0 Å². The van der Waals surface area contributed by atoms with E-state index in [2.05, 4.69) is 15.6 Å². The van der Waals surface area contributed by atoms with E-state index < -0.39 is 0 Å². The van der Waals surface area contributed by atoms with Crippen molar-refractivity contribution in [2.75, 3.05) is 30.4 Å². The molecule has 0 radical (unpaired) electrons. The van der Waals surface area contributed by atoms with E-state index in [4.69, 9.17) is 4.74 Å². The van der Waals surface area contributed by atoms with Crippen LogP contribution in [-0.4, -0.2) is 30.3 Å². The lowest BCUT2D eigenvalue weighted by atomic mass is 9.96. The smallest absolute Gasteiger partial charge is 0.0801 e. The lowest BCUT2D eigenvalue weighted by Crippen LogP contribution is -2.48. The molecule has 3 rings (SSSR count). The highest BCUT2D eigenvalue weighted by Crippen LogP contribution is 2.33. The maximum absolute atomic E-state index is 5.43. The molecule has 1 aromatic heterocycles. The largest absolute Gasteiger partial charge is 0.380 e. The van der Waals surface area contributed by atoms with Gasteiger partial charge in [0.2, 0.25) is 0 Å². The molecule has 1 atom stereocenters. The van der Waals surface area contributed by atoms with Crippen molar-refractivity contribution in [3.05, 3.63) is 18.5 Å². The van der Waals surface area contributed by atoms with Crippen molar-refractivity contribution in [3.63, 3.8) is 0 Å². The maximum atomic E-state index is 5.43. The van der Waals surface area contributed by atoms with E-state index >= 15 is 0 Å². The zero-order valence-corrected chi connectivity index (χ0v) is 7.92. The van der Waals surface area contributed by atoms with Gasteiger partial charge in [0.15, 0.2) is 0 Å². The molecular weight excluding hydrogens is 178 g/mol. The van der Waals surface area contributed by atoms with Crippen molar-refractivity contribution in [3.8, 4) is 0 Å². The number of aromatic nitrogens is 1. The summed E-state index contributed by atoms with van der Waals surface area (Å²) in [7, 11) is 0. The van der Waals surface area contributed by atoms with Gasteiger partial charge in [0, 0.05) is 19.3 Å². The molecule has 1 spiro atoms. The molecule has 0 saturated carbocycles. The Kier molecular flexibility index (Phi) is 1.64. The van der Waals surface area contributed by atoms with Gasteiger partial charge in [-0.1, -0.05) is 0 Å². The summed E-state index contributed by atoms with van der Waals surface area (Å²) in [5.74, 6) is 0. The van der Waals surface area contributed by atoms with Crippen LogP contribution in [0.2, 0.25) is 0 Å². The summed E-state index contributed by atoms with van der Waals surface area (Å²) >= 11 is 0. The van der Waals surface area contributed by atoms with Crippen LogP contribution in [0.3, 0.4) is 0 Å². The molecule has 4 heteroatoms. The Morgan fingerprint density at radius 3 is 3.29 bits per heavy atom. The fourth-order valence-corrected chi connectivity index (χ4v) is 2.08. The molecule has 1 fully saturated rings. The van der Waals surface area contributed by atoms with E-state index in [1.165, 1.54) is 0 Å². The Balaban J connectivity index is 1.92. The highest BCUT2D eigenvalue weighted by molar-refractivity contribution is 5.71. The zero-order chi connectivity index (χ0) is 9.43. The lowest BCUT2D eigenvalue weighted by molar-refractivity contribution is 0.184. The van der Waals surface area contributed by atoms with Crippen LogP contribution in [0.5, 0.6) is 0 Å². The van der Waals surface area contributed by atoms with Gasteiger partial charge in [-0.2, -0.15) is 0 Å². The third kappa shape index (κ3) is 1.14. The van der Waals surface area contributed by atoms with Crippen LogP contribution in [-0.2, 0) is 4.74 Å².